The number of rotatable bonds is 4. The van der Waals surface area contributed by atoms with Crippen molar-refractivity contribution in [2.75, 3.05) is 0 Å². The van der Waals surface area contributed by atoms with Crippen molar-refractivity contribution in [1.29, 1.82) is 0 Å². The van der Waals surface area contributed by atoms with Crippen molar-refractivity contribution >= 4 is 5.91 Å². The third kappa shape index (κ3) is 2.55. The topological polar surface area (TPSA) is 94.1 Å². The Morgan fingerprint density at radius 3 is 2.56 bits per heavy atom. The lowest BCUT2D eigenvalue weighted by atomic mass is 10.2. The second-order valence-electron chi connectivity index (χ2n) is 4.19. The fourth-order valence-electron chi connectivity index (χ4n) is 1.31. The molecular weight excluding hydrogens is 236 g/mol. The molecule has 2 aromatic heterocycles. The first kappa shape index (κ1) is 12.3. The average Bonchev–Trinajstić information content (AvgIpc) is 3.00. The fourth-order valence-corrected chi connectivity index (χ4v) is 1.31. The molecule has 7 heteroatoms. The number of nitrogens with one attached hydrogen (secondary N) is 1. The minimum absolute atomic E-state index is 0.144. The molecule has 0 saturated heterocycles. The van der Waals surface area contributed by atoms with Crippen LogP contribution < -0.4 is 5.32 Å². The lowest BCUT2D eigenvalue weighted by Gasteiger charge is -2.07. The van der Waals surface area contributed by atoms with Crippen LogP contribution in [0.2, 0.25) is 0 Å². The van der Waals surface area contributed by atoms with Gasteiger partial charge in [-0.05, 0) is 6.92 Å². The monoisotopic (exact) mass is 250 g/mol. The number of carbonyl (C=O) groups is 1. The van der Waals surface area contributed by atoms with E-state index in [1.54, 1.807) is 6.92 Å². The average molecular weight is 250 g/mol. The van der Waals surface area contributed by atoms with Crippen molar-refractivity contribution < 1.29 is 13.6 Å². The zero-order chi connectivity index (χ0) is 13.1. The number of carbonyl (C=O) groups excluding carboxylic acids is 1. The van der Waals surface area contributed by atoms with Crippen molar-refractivity contribution in [1.82, 2.24) is 20.5 Å². The van der Waals surface area contributed by atoms with Gasteiger partial charge in [0.2, 0.25) is 17.5 Å². The van der Waals surface area contributed by atoms with Gasteiger partial charge in [-0.2, -0.15) is 0 Å². The van der Waals surface area contributed by atoms with Crippen molar-refractivity contribution in [2.45, 2.75) is 32.7 Å². The van der Waals surface area contributed by atoms with Crippen molar-refractivity contribution in [3.63, 3.8) is 0 Å². The minimum Gasteiger partial charge on any atom is -0.438 e. The Kier molecular flexibility index (Phi) is 3.40. The lowest BCUT2D eigenvalue weighted by Crippen LogP contribution is -2.26. The molecule has 7 nitrogen and oxygen atoms in total. The van der Waals surface area contributed by atoms with E-state index < -0.39 is 0 Å². The second kappa shape index (κ2) is 4.99. The molecule has 0 fully saturated rings. The quantitative estimate of drug-likeness (QED) is 0.887. The summed E-state index contributed by atoms with van der Waals surface area (Å²) in [5.74, 6) is 0.843. The van der Waals surface area contributed by atoms with Crippen LogP contribution in [0.3, 0.4) is 0 Å². The van der Waals surface area contributed by atoms with E-state index in [1.807, 2.05) is 13.8 Å². The summed E-state index contributed by atoms with van der Waals surface area (Å²) in [6, 6.07) is -0.386. The van der Waals surface area contributed by atoms with Gasteiger partial charge in [-0.1, -0.05) is 13.8 Å². The first-order valence-corrected chi connectivity index (χ1v) is 5.60. The zero-order valence-electron chi connectivity index (χ0n) is 10.4. The van der Waals surface area contributed by atoms with Crippen LogP contribution in [0.15, 0.2) is 21.4 Å². The SMILES string of the molecule is CC(C)c1nnc([C@H](C)NC(=O)c2cnco2)o1. The molecule has 0 unspecified atom stereocenters. The summed E-state index contributed by atoms with van der Waals surface area (Å²) in [6.45, 7) is 5.66. The highest BCUT2D eigenvalue weighted by atomic mass is 16.4. The molecule has 0 saturated carbocycles. The molecule has 2 aromatic rings. The van der Waals surface area contributed by atoms with Crippen LogP contribution in [0, 0.1) is 0 Å². The molecule has 0 aliphatic heterocycles. The Labute approximate surface area is 104 Å². The minimum atomic E-state index is -0.386. The summed E-state index contributed by atoms with van der Waals surface area (Å²) in [5, 5.41) is 10.5. The van der Waals surface area contributed by atoms with Crippen LogP contribution in [0.1, 0.15) is 55.1 Å². The molecule has 2 heterocycles. The molecule has 1 amide bonds. The number of amides is 1. The van der Waals surface area contributed by atoms with Crippen molar-refractivity contribution in [2.24, 2.45) is 0 Å². The van der Waals surface area contributed by atoms with Gasteiger partial charge >= 0.3 is 0 Å². The van der Waals surface area contributed by atoms with Gasteiger partial charge < -0.3 is 14.2 Å². The summed E-state index contributed by atoms with van der Waals surface area (Å²) >= 11 is 0. The van der Waals surface area contributed by atoms with E-state index in [0.29, 0.717) is 11.8 Å². The van der Waals surface area contributed by atoms with Gasteiger partial charge in [0, 0.05) is 5.92 Å². The Bertz CT molecular complexity index is 518. The van der Waals surface area contributed by atoms with E-state index >= 15 is 0 Å². The molecule has 0 bridgehead atoms. The number of nitrogens with zero attached hydrogens (tertiary/aromatic N) is 3. The molecule has 0 aromatic carbocycles. The molecule has 0 spiro atoms. The van der Waals surface area contributed by atoms with Crippen LogP contribution in [-0.2, 0) is 0 Å². The Hall–Kier alpha value is -2.18. The highest BCUT2D eigenvalue weighted by Crippen LogP contribution is 2.16. The summed E-state index contributed by atoms with van der Waals surface area (Å²) in [7, 11) is 0. The van der Waals surface area contributed by atoms with Gasteiger partial charge in [0.1, 0.15) is 6.04 Å². The third-order valence-electron chi connectivity index (χ3n) is 2.32. The lowest BCUT2D eigenvalue weighted by molar-refractivity contribution is 0.0905. The van der Waals surface area contributed by atoms with Crippen LogP contribution in [-0.4, -0.2) is 21.1 Å². The molecule has 2 rings (SSSR count). The first-order chi connectivity index (χ1) is 8.58. The zero-order valence-corrected chi connectivity index (χ0v) is 10.4. The van der Waals surface area contributed by atoms with Gasteiger partial charge in [-0.25, -0.2) is 4.98 Å². The number of aromatic nitrogens is 3. The molecule has 0 aliphatic carbocycles. The highest BCUT2D eigenvalue weighted by Gasteiger charge is 2.19. The predicted octanol–water partition coefficient (Wildman–Crippen LogP) is 1.67. The molecule has 1 N–H and O–H groups in total. The van der Waals surface area contributed by atoms with E-state index in [2.05, 4.69) is 20.5 Å². The summed E-state index contributed by atoms with van der Waals surface area (Å²) in [4.78, 5) is 15.4. The van der Waals surface area contributed by atoms with Crippen LogP contribution >= 0.6 is 0 Å². The maximum Gasteiger partial charge on any atom is 0.289 e. The molecule has 0 radical (unpaired) electrons. The van der Waals surface area contributed by atoms with Gasteiger partial charge in [0.25, 0.3) is 5.91 Å². The number of oxazole rings is 1. The standard InChI is InChI=1S/C11H14N4O3/c1-6(2)10-14-15-11(18-10)7(3)13-9(16)8-4-12-5-17-8/h4-7H,1-3H3,(H,13,16)/t7-/m0/s1. The highest BCUT2D eigenvalue weighted by molar-refractivity contribution is 5.91. The van der Waals surface area contributed by atoms with E-state index in [-0.39, 0.29) is 23.6 Å². The van der Waals surface area contributed by atoms with E-state index in [0.717, 1.165) is 0 Å². The van der Waals surface area contributed by atoms with E-state index in [9.17, 15) is 4.79 Å². The second-order valence-corrected chi connectivity index (χ2v) is 4.19. The molecule has 0 aliphatic rings. The molecule has 96 valence electrons. The van der Waals surface area contributed by atoms with Gasteiger partial charge in [0.15, 0.2) is 6.39 Å². The van der Waals surface area contributed by atoms with Gasteiger partial charge in [0.05, 0.1) is 6.20 Å². The predicted molar refractivity (Wildman–Crippen MR) is 60.8 cm³/mol. The van der Waals surface area contributed by atoms with Gasteiger partial charge in [-0.3, -0.25) is 4.79 Å². The van der Waals surface area contributed by atoms with Crippen LogP contribution in [0.25, 0.3) is 0 Å². The Morgan fingerprint density at radius 1 is 1.28 bits per heavy atom. The summed E-state index contributed by atoms with van der Waals surface area (Å²) < 4.78 is 10.3. The van der Waals surface area contributed by atoms with Crippen molar-refractivity contribution in [3.8, 4) is 0 Å². The molecular formula is C11H14N4O3. The largest absolute Gasteiger partial charge is 0.438 e. The first-order valence-electron chi connectivity index (χ1n) is 5.60. The smallest absolute Gasteiger partial charge is 0.289 e. The summed E-state index contributed by atoms with van der Waals surface area (Å²) in [5.41, 5.74) is 0. The normalized spacial score (nSPS) is 12.7. The number of hydrogen-bond donors (Lipinski definition) is 1. The molecule has 1 atom stereocenters. The Balaban J connectivity index is 2.03. The van der Waals surface area contributed by atoms with E-state index in [1.165, 1.54) is 12.6 Å². The Morgan fingerprint density at radius 2 is 2.00 bits per heavy atom. The number of hydrogen-bond acceptors (Lipinski definition) is 6. The summed E-state index contributed by atoms with van der Waals surface area (Å²) in [6.07, 6.45) is 2.54. The van der Waals surface area contributed by atoms with Crippen LogP contribution in [0.4, 0.5) is 0 Å². The molecule has 18 heavy (non-hydrogen) atoms. The van der Waals surface area contributed by atoms with Gasteiger partial charge in [-0.15, -0.1) is 10.2 Å². The maximum absolute atomic E-state index is 11.7. The fraction of sp³-hybridized carbons (Fsp3) is 0.455. The maximum atomic E-state index is 11.7. The third-order valence-corrected chi connectivity index (χ3v) is 2.32. The van der Waals surface area contributed by atoms with E-state index in [4.69, 9.17) is 8.83 Å². The van der Waals surface area contributed by atoms with Crippen LogP contribution in [0.5, 0.6) is 0 Å². The van der Waals surface area contributed by atoms with Crippen molar-refractivity contribution in [3.05, 3.63) is 30.1 Å².